The van der Waals surface area contributed by atoms with E-state index in [9.17, 15) is 4.79 Å². The van der Waals surface area contributed by atoms with Gasteiger partial charge in [-0.25, -0.2) is 4.98 Å². The largest absolute Gasteiger partial charge is 0.494 e. The Kier molecular flexibility index (Phi) is 8.23. The van der Waals surface area contributed by atoms with E-state index in [2.05, 4.69) is 12.2 Å². The second kappa shape index (κ2) is 11.7. The van der Waals surface area contributed by atoms with Gasteiger partial charge >= 0.3 is 0 Å². The highest BCUT2D eigenvalue weighted by Gasteiger charge is 2.16. The van der Waals surface area contributed by atoms with Gasteiger partial charge in [-0.15, -0.1) is 0 Å². The molecule has 4 rings (SSSR count). The van der Waals surface area contributed by atoms with E-state index in [0.29, 0.717) is 43.1 Å². The van der Waals surface area contributed by atoms with Crippen LogP contribution in [0.25, 0.3) is 16.6 Å². The van der Waals surface area contributed by atoms with Crippen molar-refractivity contribution < 1.29 is 14.2 Å². The predicted molar refractivity (Wildman–Crippen MR) is 143 cm³/mol. The molecule has 188 valence electrons. The molecule has 1 N–H and O–H groups in total. The van der Waals surface area contributed by atoms with Crippen molar-refractivity contribution in [1.82, 2.24) is 14.9 Å². The van der Waals surface area contributed by atoms with Crippen LogP contribution in [-0.2, 0) is 6.54 Å². The molecule has 0 aliphatic carbocycles. The molecule has 1 atom stereocenters. The minimum absolute atomic E-state index is 0.0166. The third-order valence-electron chi connectivity index (χ3n) is 5.88. The van der Waals surface area contributed by atoms with Crippen molar-refractivity contribution in [2.24, 2.45) is 0 Å². The molecule has 0 aliphatic heterocycles. The maximum absolute atomic E-state index is 13.5. The second-order valence-electron chi connectivity index (χ2n) is 8.29. The van der Waals surface area contributed by atoms with Crippen molar-refractivity contribution in [3.8, 4) is 22.9 Å². The Morgan fingerprint density at radius 3 is 2.28 bits per heavy atom. The number of fused-ring (bicyclic) bond motifs is 1. The summed E-state index contributed by atoms with van der Waals surface area (Å²) in [5.41, 5.74) is 2.37. The van der Waals surface area contributed by atoms with Gasteiger partial charge in [0.2, 0.25) is 0 Å². The molecule has 4 aromatic rings. The molecule has 0 amide bonds. The van der Waals surface area contributed by atoms with E-state index in [1.165, 1.54) is 0 Å². The zero-order valence-corrected chi connectivity index (χ0v) is 21.3. The molecule has 1 heterocycles. The summed E-state index contributed by atoms with van der Waals surface area (Å²) in [6.07, 6.45) is 0. The van der Waals surface area contributed by atoms with Crippen molar-refractivity contribution in [2.75, 3.05) is 19.8 Å². The molecule has 0 spiro atoms. The van der Waals surface area contributed by atoms with Gasteiger partial charge in [0, 0.05) is 6.04 Å². The van der Waals surface area contributed by atoms with Gasteiger partial charge in [0.15, 0.2) is 11.5 Å². The number of nitrogens with one attached hydrogen (secondary N) is 1. The van der Waals surface area contributed by atoms with E-state index in [4.69, 9.17) is 19.2 Å². The van der Waals surface area contributed by atoms with Crippen molar-refractivity contribution >= 4 is 10.9 Å². The Hall–Kier alpha value is -3.84. The highest BCUT2D eigenvalue weighted by atomic mass is 16.5. The summed E-state index contributed by atoms with van der Waals surface area (Å²) in [5, 5.41) is 4.11. The van der Waals surface area contributed by atoms with Crippen LogP contribution in [-0.4, -0.2) is 29.4 Å². The van der Waals surface area contributed by atoms with Gasteiger partial charge in [-0.05, 0) is 81.8 Å². The summed E-state index contributed by atoms with van der Waals surface area (Å²) < 4.78 is 18.7. The first kappa shape index (κ1) is 25.3. The maximum Gasteiger partial charge on any atom is 0.266 e. The highest BCUT2D eigenvalue weighted by molar-refractivity contribution is 5.77. The minimum Gasteiger partial charge on any atom is -0.494 e. The number of para-hydroxylation sites is 1. The highest BCUT2D eigenvalue weighted by Crippen LogP contribution is 2.31. The molecule has 3 aromatic carbocycles. The fraction of sp³-hybridized carbons (Fsp3) is 0.310. The molecule has 0 saturated carbocycles. The lowest BCUT2D eigenvalue weighted by atomic mass is 10.1. The van der Waals surface area contributed by atoms with Gasteiger partial charge in [0.25, 0.3) is 5.56 Å². The Labute approximate surface area is 211 Å². The van der Waals surface area contributed by atoms with Gasteiger partial charge in [-0.1, -0.05) is 18.2 Å². The number of aromatic nitrogens is 2. The summed E-state index contributed by atoms with van der Waals surface area (Å²) >= 11 is 0. The van der Waals surface area contributed by atoms with Crippen LogP contribution in [0.1, 0.15) is 45.1 Å². The number of hydrogen-bond donors (Lipinski definition) is 1. The van der Waals surface area contributed by atoms with E-state index in [1.54, 1.807) is 4.57 Å². The summed E-state index contributed by atoms with van der Waals surface area (Å²) in [6, 6.07) is 20.9. The Balaban J connectivity index is 1.66. The lowest BCUT2D eigenvalue weighted by Gasteiger charge is -2.19. The Bertz CT molecular complexity index is 1370. The van der Waals surface area contributed by atoms with E-state index >= 15 is 0 Å². The van der Waals surface area contributed by atoms with E-state index < -0.39 is 0 Å². The van der Waals surface area contributed by atoms with Crippen molar-refractivity contribution in [3.63, 3.8) is 0 Å². The fourth-order valence-electron chi connectivity index (χ4n) is 4.12. The lowest BCUT2D eigenvalue weighted by Crippen LogP contribution is -2.28. The monoisotopic (exact) mass is 487 g/mol. The average Bonchev–Trinajstić information content (AvgIpc) is 2.89. The van der Waals surface area contributed by atoms with Crippen LogP contribution < -0.4 is 25.1 Å². The molecule has 7 heteroatoms. The molecule has 0 radical (unpaired) electrons. The van der Waals surface area contributed by atoms with Crippen LogP contribution >= 0.6 is 0 Å². The average molecular weight is 488 g/mol. The standard InChI is InChI=1S/C29H33N3O4/c1-5-34-23-15-13-22(14-16-23)32-28(31-25-11-9-8-10-24(25)29(32)33)19-30-20(4)21-12-17-26(35-6-2)27(18-21)36-7-3/h8-18,20,30H,5-7,19H2,1-4H3/t20-/m0/s1. The Morgan fingerprint density at radius 2 is 1.56 bits per heavy atom. The molecular weight excluding hydrogens is 454 g/mol. The molecule has 36 heavy (non-hydrogen) atoms. The third kappa shape index (κ3) is 5.52. The molecule has 0 aliphatic rings. The summed E-state index contributed by atoms with van der Waals surface area (Å²) in [7, 11) is 0. The molecule has 0 bridgehead atoms. The van der Waals surface area contributed by atoms with Crippen LogP contribution in [0.5, 0.6) is 17.2 Å². The number of benzene rings is 3. The molecule has 0 saturated heterocycles. The second-order valence-corrected chi connectivity index (χ2v) is 8.29. The molecular formula is C29H33N3O4. The summed E-state index contributed by atoms with van der Waals surface area (Å²) in [6.45, 7) is 10.0. The smallest absolute Gasteiger partial charge is 0.266 e. The first-order valence-electron chi connectivity index (χ1n) is 12.4. The number of ether oxygens (including phenoxy) is 3. The molecule has 0 fully saturated rings. The molecule has 7 nitrogen and oxygen atoms in total. The SMILES string of the molecule is CCOc1ccc(-n2c(CN[C@@H](C)c3ccc(OCC)c(OCC)c3)nc3ccccc3c2=O)cc1. The quantitative estimate of drug-likeness (QED) is 0.304. The summed E-state index contributed by atoms with van der Waals surface area (Å²) in [4.78, 5) is 18.4. The van der Waals surface area contributed by atoms with Crippen molar-refractivity contribution in [1.29, 1.82) is 0 Å². The third-order valence-corrected chi connectivity index (χ3v) is 5.88. The van der Waals surface area contributed by atoms with E-state index in [1.807, 2.05) is 87.5 Å². The van der Waals surface area contributed by atoms with Crippen LogP contribution in [0.4, 0.5) is 0 Å². The van der Waals surface area contributed by atoms with Gasteiger partial charge in [0.1, 0.15) is 11.6 Å². The minimum atomic E-state index is -0.103. The zero-order valence-electron chi connectivity index (χ0n) is 21.3. The first-order chi connectivity index (χ1) is 17.5. The predicted octanol–water partition coefficient (Wildman–Crippen LogP) is 5.43. The van der Waals surface area contributed by atoms with E-state index in [-0.39, 0.29) is 11.6 Å². The van der Waals surface area contributed by atoms with Crippen LogP contribution in [0.3, 0.4) is 0 Å². The topological polar surface area (TPSA) is 74.6 Å². The van der Waals surface area contributed by atoms with Crippen molar-refractivity contribution in [2.45, 2.75) is 40.3 Å². The summed E-state index contributed by atoms with van der Waals surface area (Å²) in [5.74, 6) is 2.85. The van der Waals surface area contributed by atoms with Crippen LogP contribution in [0.15, 0.2) is 71.5 Å². The van der Waals surface area contributed by atoms with Gasteiger partial charge in [-0.3, -0.25) is 9.36 Å². The lowest BCUT2D eigenvalue weighted by molar-refractivity contribution is 0.287. The maximum atomic E-state index is 13.5. The zero-order chi connectivity index (χ0) is 25.5. The van der Waals surface area contributed by atoms with Gasteiger partial charge in [0.05, 0.1) is 43.0 Å². The number of nitrogens with zero attached hydrogens (tertiary/aromatic N) is 2. The van der Waals surface area contributed by atoms with E-state index in [0.717, 1.165) is 28.5 Å². The van der Waals surface area contributed by atoms with Crippen molar-refractivity contribution in [3.05, 3.63) is 88.5 Å². The van der Waals surface area contributed by atoms with Gasteiger partial charge < -0.3 is 19.5 Å². The Morgan fingerprint density at radius 1 is 0.861 bits per heavy atom. The number of hydrogen-bond acceptors (Lipinski definition) is 6. The van der Waals surface area contributed by atoms with Crippen LogP contribution in [0, 0.1) is 0 Å². The van der Waals surface area contributed by atoms with Gasteiger partial charge in [-0.2, -0.15) is 0 Å². The molecule has 0 unspecified atom stereocenters. The fourth-order valence-corrected chi connectivity index (χ4v) is 4.12. The first-order valence-corrected chi connectivity index (χ1v) is 12.4. The normalized spacial score (nSPS) is 11.9. The molecule has 1 aromatic heterocycles. The number of rotatable bonds is 11. The van der Waals surface area contributed by atoms with Crippen LogP contribution in [0.2, 0.25) is 0 Å².